The number of amides is 2. The van der Waals surface area contributed by atoms with Crippen molar-refractivity contribution < 1.29 is 14.6 Å². The van der Waals surface area contributed by atoms with Gasteiger partial charge in [-0.1, -0.05) is 12.8 Å². The molecule has 1 saturated heterocycles. The van der Waals surface area contributed by atoms with Gasteiger partial charge in [-0.3, -0.25) is 0 Å². The number of nitrogens with zero attached hydrogens (tertiary/aromatic N) is 1. The lowest BCUT2D eigenvalue weighted by molar-refractivity contribution is 0.0164. The molecule has 0 aromatic carbocycles. The van der Waals surface area contributed by atoms with Crippen molar-refractivity contribution in [3.05, 3.63) is 0 Å². The second-order valence-electron chi connectivity index (χ2n) is 7.12. The Kier molecular flexibility index (Phi) is 7.63. The van der Waals surface area contributed by atoms with Crippen molar-refractivity contribution in [1.29, 1.82) is 0 Å². The van der Waals surface area contributed by atoms with E-state index in [9.17, 15) is 9.90 Å². The van der Waals surface area contributed by atoms with Gasteiger partial charge in [-0.2, -0.15) is 0 Å². The fourth-order valence-corrected chi connectivity index (χ4v) is 4.02. The van der Waals surface area contributed by atoms with Crippen molar-refractivity contribution in [1.82, 2.24) is 10.2 Å². The second-order valence-corrected chi connectivity index (χ2v) is 7.12. The average molecular weight is 326 g/mol. The zero-order chi connectivity index (χ0) is 16.7. The highest BCUT2D eigenvalue weighted by atomic mass is 16.5. The Morgan fingerprint density at radius 1 is 1.22 bits per heavy atom. The van der Waals surface area contributed by atoms with Crippen molar-refractivity contribution in [3.63, 3.8) is 0 Å². The van der Waals surface area contributed by atoms with E-state index in [1.807, 2.05) is 18.7 Å². The van der Waals surface area contributed by atoms with E-state index in [1.165, 1.54) is 25.7 Å². The van der Waals surface area contributed by atoms with E-state index < -0.39 is 0 Å². The number of carbonyl (C=O) groups excluding carboxylic acids is 1. The minimum Gasteiger partial charge on any atom is -0.393 e. The minimum absolute atomic E-state index is 0.0377. The molecule has 2 amide bonds. The first kappa shape index (κ1) is 18.5. The van der Waals surface area contributed by atoms with Crippen LogP contribution in [0.1, 0.15) is 58.8 Å². The fourth-order valence-electron chi connectivity index (χ4n) is 4.02. The van der Waals surface area contributed by atoms with Crippen LogP contribution in [-0.4, -0.2) is 54.5 Å². The third-order valence-corrected chi connectivity index (χ3v) is 5.52. The summed E-state index contributed by atoms with van der Waals surface area (Å²) in [6, 6.07) is 0.0377. The standard InChI is InChI=1S/C18H34N2O3/c1-3-23-17(16-6-4-5-7-16)8-11-19-18(22)20-12-9-15(10-13-20)14(2)21/h14-17,21H,3-13H2,1-2H3,(H,19,22). The van der Waals surface area contributed by atoms with Crippen LogP contribution in [0.3, 0.4) is 0 Å². The quantitative estimate of drug-likeness (QED) is 0.756. The highest BCUT2D eigenvalue weighted by Crippen LogP contribution is 2.30. The van der Waals surface area contributed by atoms with Gasteiger partial charge in [0.25, 0.3) is 0 Å². The zero-order valence-electron chi connectivity index (χ0n) is 14.8. The van der Waals surface area contributed by atoms with Crippen LogP contribution in [0.5, 0.6) is 0 Å². The van der Waals surface area contributed by atoms with Gasteiger partial charge in [0.2, 0.25) is 0 Å². The van der Waals surface area contributed by atoms with E-state index >= 15 is 0 Å². The molecule has 2 unspecified atom stereocenters. The van der Waals surface area contributed by atoms with Gasteiger partial charge >= 0.3 is 6.03 Å². The molecular weight excluding hydrogens is 292 g/mol. The number of likely N-dealkylation sites (tertiary alicyclic amines) is 1. The lowest BCUT2D eigenvalue weighted by atomic mass is 9.92. The zero-order valence-corrected chi connectivity index (χ0v) is 14.8. The lowest BCUT2D eigenvalue weighted by Gasteiger charge is -2.33. The van der Waals surface area contributed by atoms with Crippen LogP contribution in [0.4, 0.5) is 4.79 Å². The number of piperidine rings is 1. The first-order valence-corrected chi connectivity index (χ1v) is 9.44. The number of urea groups is 1. The van der Waals surface area contributed by atoms with Crippen LogP contribution in [0, 0.1) is 11.8 Å². The van der Waals surface area contributed by atoms with Crippen molar-refractivity contribution in [2.24, 2.45) is 11.8 Å². The molecule has 0 bridgehead atoms. The SMILES string of the molecule is CCOC(CCNC(=O)N1CCC(C(C)O)CC1)C1CCCC1. The molecule has 1 aliphatic heterocycles. The average Bonchev–Trinajstić information content (AvgIpc) is 3.08. The number of rotatable bonds is 7. The number of hydrogen-bond acceptors (Lipinski definition) is 3. The molecular formula is C18H34N2O3. The summed E-state index contributed by atoms with van der Waals surface area (Å²) >= 11 is 0. The summed E-state index contributed by atoms with van der Waals surface area (Å²) in [5.41, 5.74) is 0. The normalized spacial score (nSPS) is 23.0. The van der Waals surface area contributed by atoms with Crippen LogP contribution >= 0.6 is 0 Å². The first-order valence-electron chi connectivity index (χ1n) is 9.44. The highest BCUT2D eigenvalue weighted by molar-refractivity contribution is 5.74. The third-order valence-electron chi connectivity index (χ3n) is 5.52. The molecule has 134 valence electrons. The van der Waals surface area contributed by atoms with Crippen LogP contribution in [0.15, 0.2) is 0 Å². The molecule has 0 aromatic rings. The predicted molar refractivity (Wildman–Crippen MR) is 91.4 cm³/mol. The maximum absolute atomic E-state index is 12.2. The molecule has 2 rings (SSSR count). The molecule has 2 aliphatic rings. The Labute approximate surface area is 140 Å². The van der Waals surface area contributed by atoms with Crippen molar-refractivity contribution in [2.45, 2.75) is 71.0 Å². The van der Waals surface area contributed by atoms with E-state index in [0.717, 1.165) is 39.0 Å². The molecule has 5 nitrogen and oxygen atoms in total. The van der Waals surface area contributed by atoms with Crippen LogP contribution in [-0.2, 0) is 4.74 Å². The Hall–Kier alpha value is -0.810. The Morgan fingerprint density at radius 2 is 1.87 bits per heavy atom. The third kappa shape index (κ3) is 5.64. The van der Waals surface area contributed by atoms with Gasteiger partial charge in [0, 0.05) is 26.2 Å². The summed E-state index contributed by atoms with van der Waals surface area (Å²) in [5.74, 6) is 1.01. The molecule has 2 fully saturated rings. The van der Waals surface area contributed by atoms with Crippen LogP contribution < -0.4 is 5.32 Å². The maximum atomic E-state index is 12.2. The minimum atomic E-state index is -0.265. The van der Waals surface area contributed by atoms with Gasteiger partial charge in [-0.15, -0.1) is 0 Å². The van der Waals surface area contributed by atoms with E-state index in [0.29, 0.717) is 24.5 Å². The number of ether oxygens (including phenoxy) is 1. The number of hydrogen-bond donors (Lipinski definition) is 2. The molecule has 0 aromatic heterocycles. The van der Waals surface area contributed by atoms with Gasteiger partial charge in [0.1, 0.15) is 0 Å². The monoisotopic (exact) mass is 326 g/mol. The highest BCUT2D eigenvalue weighted by Gasteiger charge is 2.27. The van der Waals surface area contributed by atoms with Gasteiger partial charge < -0.3 is 20.1 Å². The summed E-state index contributed by atoms with van der Waals surface area (Å²) in [6.07, 6.45) is 7.91. The molecule has 5 heteroatoms. The topological polar surface area (TPSA) is 61.8 Å². The van der Waals surface area contributed by atoms with Gasteiger partial charge in [0.15, 0.2) is 0 Å². The summed E-state index contributed by atoms with van der Waals surface area (Å²) in [7, 11) is 0. The largest absolute Gasteiger partial charge is 0.393 e. The summed E-state index contributed by atoms with van der Waals surface area (Å²) in [5, 5.41) is 12.7. The molecule has 1 saturated carbocycles. The predicted octanol–water partition coefficient (Wildman–Crippen LogP) is 2.77. The van der Waals surface area contributed by atoms with Crippen LogP contribution in [0.2, 0.25) is 0 Å². The molecule has 2 atom stereocenters. The Balaban J connectivity index is 1.67. The second kappa shape index (κ2) is 9.48. The Bertz CT molecular complexity index is 348. The molecule has 1 aliphatic carbocycles. The van der Waals surface area contributed by atoms with E-state index in [1.54, 1.807) is 0 Å². The summed E-state index contributed by atoms with van der Waals surface area (Å²) in [6.45, 7) is 6.83. The van der Waals surface area contributed by atoms with Gasteiger partial charge in [0.05, 0.1) is 12.2 Å². The maximum Gasteiger partial charge on any atom is 0.317 e. The molecule has 0 radical (unpaired) electrons. The van der Waals surface area contributed by atoms with E-state index in [2.05, 4.69) is 5.32 Å². The number of aliphatic hydroxyl groups is 1. The van der Waals surface area contributed by atoms with Crippen molar-refractivity contribution in [3.8, 4) is 0 Å². The Morgan fingerprint density at radius 3 is 2.43 bits per heavy atom. The van der Waals surface area contributed by atoms with Crippen LogP contribution in [0.25, 0.3) is 0 Å². The molecule has 0 spiro atoms. The fraction of sp³-hybridized carbons (Fsp3) is 0.944. The lowest BCUT2D eigenvalue weighted by Crippen LogP contribution is -2.46. The summed E-state index contributed by atoms with van der Waals surface area (Å²) in [4.78, 5) is 14.1. The number of carbonyl (C=O) groups is 1. The number of nitrogens with one attached hydrogen (secondary N) is 1. The van der Waals surface area contributed by atoms with Crippen molar-refractivity contribution >= 4 is 6.03 Å². The molecule has 1 heterocycles. The molecule has 2 N–H and O–H groups in total. The van der Waals surface area contributed by atoms with E-state index in [4.69, 9.17) is 4.74 Å². The summed E-state index contributed by atoms with van der Waals surface area (Å²) < 4.78 is 5.90. The van der Waals surface area contributed by atoms with Gasteiger partial charge in [-0.25, -0.2) is 4.79 Å². The van der Waals surface area contributed by atoms with Crippen molar-refractivity contribution in [2.75, 3.05) is 26.2 Å². The number of aliphatic hydroxyl groups excluding tert-OH is 1. The molecule has 23 heavy (non-hydrogen) atoms. The van der Waals surface area contributed by atoms with Gasteiger partial charge in [-0.05, 0) is 57.8 Å². The first-order chi connectivity index (χ1) is 11.1. The van der Waals surface area contributed by atoms with E-state index in [-0.39, 0.29) is 12.1 Å². The smallest absolute Gasteiger partial charge is 0.317 e.